The molecule has 0 fully saturated rings. The smallest absolute Gasteiger partial charge is 0.0709 e. The Balaban J connectivity index is 1.18. The zero-order chi connectivity index (χ0) is 74.4. The summed E-state index contributed by atoms with van der Waals surface area (Å²) in [6.07, 6.45) is 0. The minimum Gasteiger partial charge on any atom is -0.308 e. The highest BCUT2D eigenvalue weighted by Crippen LogP contribution is 2.57. The first-order chi connectivity index (χ1) is 52.4. The van der Waals surface area contributed by atoms with Gasteiger partial charge in [-0.1, -0.05) is 212 Å². The molecule has 0 heterocycles. The van der Waals surface area contributed by atoms with E-state index in [4.69, 9.17) is 0 Å². The second-order valence-corrected chi connectivity index (χ2v) is 29.7. The van der Waals surface area contributed by atoms with Gasteiger partial charge in [0.2, 0.25) is 0 Å². The molecule has 0 amide bonds. The molecule has 0 unspecified atom stereocenters. The van der Waals surface area contributed by atoms with E-state index in [1.54, 1.807) is 0 Å². The van der Waals surface area contributed by atoms with Crippen molar-refractivity contribution in [2.75, 3.05) is 29.4 Å². The van der Waals surface area contributed by atoms with Crippen LogP contribution >= 0.6 is 0 Å². The molecular weight excluding hydrogens is 1310 g/mol. The van der Waals surface area contributed by atoms with Gasteiger partial charge in [-0.05, 0) is 297 Å². The first kappa shape index (κ1) is 69.5. The van der Waals surface area contributed by atoms with Crippen LogP contribution in [0.2, 0.25) is 0 Å². The fourth-order valence-electron chi connectivity index (χ4n) is 15.0. The lowest BCUT2D eigenvalue weighted by molar-refractivity contribution is 1.22. The summed E-state index contributed by atoms with van der Waals surface area (Å²) < 4.78 is 0. The Labute approximate surface area is 637 Å². The fourth-order valence-corrected chi connectivity index (χ4v) is 15.0. The summed E-state index contributed by atoms with van der Waals surface area (Å²) in [5.41, 5.74) is 32.6. The van der Waals surface area contributed by atoms with Crippen molar-refractivity contribution in [3.05, 3.63) is 394 Å². The first-order valence-electron chi connectivity index (χ1n) is 37.6. The first-order valence-corrected chi connectivity index (χ1v) is 37.6. The summed E-state index contributed by atoms with van der Waals surface area (Å²) in [6, 6.07) is 124. The highest BCUT2D eigenvalue weighted by Gasteiger charge is 2.32. The van der Waals surface area contributed by atoms with E-state index in [0.29, 0.717) is 0 Å². The third-order valence-electron chi connectivity index (χ3n) is 21.2. The van der Waals surface area contributed by atoms with Gasteiger partial charge in [0.25, 0.3) is 0 Å². The van der Waals surface area contributed by atoms with Crippen molar-refractivity contribution in [3.8, 4) is 0 Å². The molecule has 16 aromatic rings. The number of rotatable bonds is 18. The quantitative estimate of drug-likeness (QED) is 0.0792. The third-order valence-corrected chi connectivity index (χ3v) is 21.2. The lowest BCUT2D eigenvalue weighted by atomic mass is 9.90. The summed E-state index contributed by atoms with van der Waals surface area (Å²) in [4.78, 5) is 14.9. The van der Waals surface area contributed by atoms with Crippen LogP contribution in [-0.4, -0.2) is 0 Å². The van der Waals surface area contributed by atoms with Crippen molar-refractivity contribution in [1.29, 1.82) is 0 Å². The Hall–Kier alpha value is -12.9. The van der Waals surface area contributed by atoms with Crippen LogP contribution in [0.5, 0.6) is 0 Å². The second-order valence-electron chi connectivity index (χ2n) is 29.7. The molecule has 0 aliphatic heterocycles. The van der Waals surface area contributed by atoms with Gasteiger partial charge in [-0.25, -0.2) is 0 Å². The summed E-state index contributed by atoms with van der Waals surface area (Å²) in [5, 5.41) is 6.48. The molecule has 6 nitrogen and oxygen atoms in total. The topological polar surface area (TPSA) is 19.4 Å². The molecule has 528 valence electrons. The molecule has 0 aliphatic carbocycles. The zero-order valence-corrected chi connectivity index (χ0v) is 63.9. The van der Waals surface area contributed by atoms with Crippen LogP contribution in [0, 0.1) is 83.1 Å². The summed E-state index contributed by atoms with van der Waals surface area (Å²) in [6.45, 7) is 26.1. The van der Waals surface area contributed by atoms with E-state index >= 15 is 0 Å². The van der Waals surface area contributed by atoms with Gasteiger partial charge >= 0.3 is 0 Å². The molecule has 0 N–H and O–H groups in total. The molecule has 0 atom stereocenters. The van der Waals surface area contributed by atoms with E-state index < -0.39 is 0 Å². The number of nitrogens with zero attached hydrogens (tertiary/aromatic N) is 6. The van der Waals surface area contributed by atoms with E-state index in [2.05, 4.69) is 440 Å². The zero-order valence-electron chi connectivity index (χ0n) is 63.9. The molecule has 16 rings (SSSR count). The standard InChI is InChI=1S/C102H90N6/c1-67-13-37-79(38-14-67)103(80-39-15-68(2)16-40-80)97-61-91-92(62-98(97)104(81-41-17-69(3)18-42-81)82-43-19-70(4)20-44-82)94-64-100(106(85-49-25-73(7)26-50-85)86-51-27-74(8)28-52-86)102(108(89-57-33-77(11)34-58-89)90-59-35-78(12)36-60-90)66-96(94)95-65-101(107(87-53-29-75(9)30-54-87)88-55-31-76(10)32-56-88)99(63-93(91)95)105(83-45-21-71(5)22-46-83)84-47-23-72(6)24-48-84/h13-66H,1-12H3. The van der Waals surface area contributed by atoms with E-state index in [0.717, 1.165) is 135 Å². The maximum Gasteiger partial charge on any atom is 0.0709 e. The summed E-state index contributed by atoms with van der Waals surface area (Å²) in [7, 11) is 0. The normalized spacial score (nSPS) is 11.3. The molecule has 16 aromatic carbocycles. The molecule has 0 aliphatic rings. The Bertz CT molecular complexity index is 4650. The number of hydrogen-bond acceptors (Lipinski definition) is 6. The molecular formula is C102H90N6. The highest BCUT2D eigenvalue weighted by atomic mass is 15.2. The number of benzene rings is 16. The summed E-state index contributed by atoms with van der Waals surface area (Å²) >= 11 is 0. The number of anilines is 18. The molecule has 0 saturated heterocycles. The van der Waals surface area contributed by atoms with Gasteiger partial charge < -0.3 is 29.4 Å². The SMILES string of the molecule is Cc1ccc(N(c2ccc(C)cc2)c2cc3c4cc(N(c5ccc(C)cc5)c5ccc(C)cc5)c(N(c5ccc(C)cc5)c5ccc(C)cc5)cc4c4cc(N(c5ccc(C)cc5)c5ccc(C)cc5)c(N(c5ccc(C)cc5)c5ccc(C)cc5)cc4c3cc2N(c2ccc(C)cc2)c2ccc(C)cc2)cc1. The van der Waals surface area contributed by atoms with Crippen LogP contribution in [-0.2, 0) is 0 Å². The van der Waals surface area contributed by atoms with Gasteiger partial charge in [0, 0.05) is 68.2 Å². The average Bonchev–Trinajstić information content (AvgIpc) is 0.705. The predicted molar refractivity (Wildman–Crippen MR) is 464 cm³/mol. The van der Waals surface area contributed by atoms with Gasteiger partial charge in [-0.15, -0.1) is 0 Å². The van der Waals surface area contributed by atoms with Crippen LogP contribution in [0.15, 0.2) is 328 Å². The largest absolute Gasteiger partial charge is 0.308 e. The average molecular weight is 1400 g/mol. The van der Waals surface area contributed by atoms with Gasteiger partial charge in [0.05, 0.1) is 34.1 Å². The van der Waals surface area contributed by atoms with Gasteiger partial charge in [-0.2, -0.15) is 0 Å². The van der Waals surface area contributed by atoms with E-state index in [1.165, 1.54) is 66.8 Å². The third kappa shape index (κ3) is 13.8. The van der Waals surface area contributed by atoms with Gasteiger partial charge in [0.1, 0.15) is 0 Å². The number of hydrogen-bond donors (Lipinski definition) is 0. The van der Waals surface area contributed by atoms with E-state index in [-0.39, 0.29) is 0 Å². The van der Waals surface area contributed by atoms with Crippen molar-refractivity contribution < 1.29 is 0 Å². The van der Waals surface area contributed by atoms with Crippen LogP contribution < -0.4 is 29.4 Å². The van der Waals surface area contributed by atoms with Gasteiger partial charge in [0.15, 0.2) is 0 Å². The van der Waals surface area contributed by atoms with Crippen molar-refractivity contribution in [3.63, 3.8) is 0 Å². The molecule has 0 spiro atoms. The van der Waals surface area contributed by atoms with Crippen LogP contribution in [0.25, 0.3) is 32.3 Å². The number of fused-ring (bicyclic) bond motifs is 6. The Morgan fingerprint density at radius 1 is 0.111 bits per heavy atom. The molecule has 0 radical (unpaired) electrons. The van der Waals surface area contributed by atoms with Crippen LogP contribution in [0.1, 0.15) is 66.8 Å². The molecule has 6 heteroatoms. The van der Waals surface area contributed by atoms with E-state index in [1.807, 2.05) is 0 Å². The molecule has 108 heavy (non-hydrogen) atoms. The lowest BCUT2D eigenvalue weighted by Crippen LogP contribution is -2.18. The minimum atomic E-state index is 1.00. The van der Waals surface area contributed by atoms with Crippen LogP contribution in [0.3, 0.4) is 0 Å². The van der Waals surface area contributed by atoms with Gasteiger partial charge in [-0.3, -0.25) is 0 Å². The van der Waals surface area contributed by atoms with Crippen LogP contribution in [0.4, 0.5) is 102 Å². The van der Waals surface area contributed by atoms with E-state index in [9.17, 15) is 0 Å². The highest BCUT2D eigenvalue weighted by molar-refractivity contribution is 6.30. The maximum atomic E-state index is 2.53. The Morgan fingerprint density at radius 2 is 0.185 bits per heavy atom. The lowest BCUT2D eigenvalue weighted by Gasteiger charge is -2.36. The molecule has 0 aromatic heterocycles. The fraction of sp³-hybridized carbons (Fsp3) is 0.118. The number of aryl methyl sites for hydroxylation is 12. The Kier molecular flexibility index (Phi) is 18.8. The molecule has 0 bridgehead atoms. The summed E-state index contributed by atoms with van der Waals surface area (Å²) in [5.74, 6) is 0. The molecule has 0 saturated carbocycles. The maximum absolute atomic E-state index is 2.53. The van der Waals surface area contributed by atoms with Crippen molar-refractivity contribution in [2.24, 2.45) is 0 Å². The van der Waals surface area contributed by atoms with Crippen molar-refractivity contribution >= 4 is 135 Å². The Morgan fingerprint density at radius 3 is 0.259 bits per heavy atom. The predicted octanol–water partition coefficient (Wildman–Crippen LogP) is 29.7. The minimum absolute atomic E-state index is 1.00. The second kappa shape index (κ2) is 29.2. The van der Waals surface area contributed by atoms with Crippen molar-refractivity contribution in [1.82, 2.24) is 0 Å². The monoisotopic (exact) mass is 1400 g/mol. The van der Waals surface area contributed by atoms with Crippen molar-refractivity contribution in [2.45, 2.75) is 83.1 Å².